The van der Waals surface area contributed by atoms with Gasteiger partial charge in [-0.2, -0.15) is 5.10 Å². The second kappa shape index (κ2) is 11.6. The molecule has 0 saturated carbocycles. The second-order valence-electron chi connectivity index (χ2n) is 5.93. The predicted molar refractivity (Wildman–Crippen MR) is 113 cm³/mol. The van der Waals surface area contributed by atoms with E-state index in [0.717, 1.165) is 0 Å². The summed E-state index contributed by atoms with van der Waals surface area (Å²) in [5, 5.41) is 33.0. The molecule has 2 rings (SSSR count). The van der Waals surface area contributed by atoms with Crippen LogP contribution in [0.3, 0.4) is 0 Å². The van der Waals surface area contributed by atoms with Gasteiger partial charge >= 0.3 is 5.97 Å². The number of carbonyl (C=O) groups is 3. The number of hydrogen-bond acceptors (Lipinski definition) is 11. The number of phenolic OH excluding ortho intramolecular Hbond substituents is 1. The summed E-state index contributed by atoms with van der Waals surface area (Å²) in [6, 6.07) is 4.31. The molecule has 2 aromatic rings. The molecule has 2 amide bonds. The Morgan fingerprint density at radius 2 is 2.06 bits per heavy atom. The fraction of sp³-hybridized carbons (Fsp3) is 0.211. The monoisotopic (exact) mass is 459 g/mol. The summed E-state index contributed by atoms with van der Waals surface area (Å²) in [4.78, 5) is 42.6. The number of amides is 2. The van der Waals surface area contributed by atoms with Crippen molar-refractivity contribution in [2.24, 2.45) is 15.3 Å². The standard InChI is InChI=1S/C19H21N7O7/c1-4-33-19(31)15(28)13(24-25-16-14(17(29)20-2)21-9-22-16)18(30)26-23-8-10-5-6-11(27)12(7-10)32-3/h5-9,27-28H,4H2,1-3H3,(H,20,29)(H,21,22)(H,26,30)/b15-13-,23-8+,25-24?. The molecule has 0 aliphatic heterocycles. The molecule has 0 radical (unpaired) electrons. The number of nitrogens with one attached hydrogen (secondary N) is 3. The lowest BCUT2D eigenvalue weighted by Crippen LogP contribution is -2.23. The van der Waals surface area contributed by atoms with Gasteiger partial charge in [0.1, 0.15) is 0 Å². The third-order valence-electron chi connectivity index (χ3n) is 3.81. The van der Waals surface area contributed by atoms with Gasteiger partial charge in [0.25, 0.3) is 11.8 Å². The van der Waals surface area contributed by atoms with Crippen LogP contribution in [0.1, 0.15) is 23.0 Å². The number of H-pyrrole nitrogens is 1. The molecule has 1 aromatic carbocycles. The summed E-state index contributed by atoms with van der Waals surface area (Å²) >= 11 is 0. The van der Waals surface area contributed by atoms with Crippen LogP contribution in [0.5, 0.6) is 11.5 Å². The molecule has 5 N–H and O–H groups in total. The number of aliphatic hydroxyl groups excluding tert-OH is 1. The number of esters is 1. The molecule has 0 aliphatic carbocycles. The van der Waals surface area contributed by atoms with Crippen LogP contribution in [0.4, 0.5) is 5.82 Å². The minimum absolute atomic E-state index is 0.0593. The molecular weight excluding hydrogens is 438 g/mol. The average molecular weight is 459 g/mol. The van der Waals surface area contributed by atoms with Crippen LogP contribution in [0.25, 0.3) is 0 Å². The number of methoxy groups -OCH3 is 1. The van der Waals surface area contributed by atoms with Crippen LogP contribution in [0.15, 0.2) is 51.3 Å². The fourth-order valence-corrected chi connectivity index (χ4v) is 2.24. The van der Waals surface area contributed by atoms with Gasteiger partial charge in [-0.05, 0) is 30.7 Å². The number of imidazole rings is 1. The van der Waals surface area contributed by atoms with Crippen LogP contribution >= 0.6 is 0 Å². The zero-order valence-electron chi connectivity index (χ0n) is 17.8. The van der Waals surface area contributed by atoms with Gasteiger partial charge in [0, 0.05) is 7.05 Å². The van der Waals surface area contributed by atoms with Gasteiger partial charge in [0.05, 0.1) is 26.3 Å². The molecule has 14 heteroatoms. The number of carbonyl (C=O) groups excluding carboxylic acids is 3. The van der Waals surface area contributed by atoms with Gasteiger partial charge in [-0.25, -0.2) is 15.2 Å². The maximum atomic E-state index is 12.5. The highest BCUT2D eigenvalue weighted by Crippen LogP contribution is 2.25. The van der Waals surface area contributed by atoms with Crippen LogP contribution in [-0.2, 0) is 14.3 Å². The lowest BCUT2D eigenvalue weighted by Gasteiger charge is -2.05. The van der Waals surface area contributed by atoms with Crippen molar-refractivity contribution >= 4 is 29.8 Å². The van der Waals surface area contributed by atoms with Crippen molar-refractivity contribution in [2.75, 3.05) is 20.8 Å². The van der Waals surface area contributed by atoms with Gasteiger partial charge in [-0.15, -0.1) is 10.2 Å². The number of phenols is 1. The second-order valence-corrected chi connectivity index (χ2v) is 5.93. The van der Waals surface area contributed by atoms with Crippen LogP contribution in [-0.4, -0.2) is 64.9 Å². The van der Waals surface area contributed by atoms with Crippen LogP contribution in [0, 0.1) is 0 Å². The van der Waals surface area contributed by atoms with Gasteiger partial charge in [0.15, 0.2) is 17.2 Å². The Bertz CT molecular complexity index is 1120. The first-order valence-electron chi connectivity index (χ1n) is 9.30. The third-order valence-corrected chi connectivity index (χ3v) is 3.81. The summed E-state index contributed by atoms with van der Waals surface area (Å²) < 4.78 is 9.65. The van der Waals surface area contributed by atoms with Crippen molar-refractivity contribution in [1.29, 1.82) is 0 Å². The zero-order chi connectivity index (χ0) is 24.4. The number of ether oxygens (including phenoxy) is 2. The molecule has 0 spiro atoms. The van der Waals surface area contributed by atoms with Gasteiger partial charge in [-0.1, -0.05) is 0 Å². The van der Waals surface area contributed by atoms with E-state index >= 15 is 0 Å². The summed E-state index contributed by atoms with van der Waals surface area (Å²) in [6.45, 7) is 1.43. The first-order chi connectivity index (χ1) is 15.8. The average Bonchev–Trinajstić information content (AvgIpc) is 3.28. The molecule has 1 aromatic heterocycles. The van der Waals surface area contributed by atoms with Crippen molar-refractivity contribution in [3.05, 3.63) is 47.2 Å². The Morgan fingerprint density at radius 3 is 2.73 bits per heavy atom. The highest BCUT2D eigenvalue weighted by atomic mass is 16.5. The highest BCUT2D eigenvalue weighted by Gasteiger charge is 2.23. The Labute approximate surface area is 187 Å². The van der Waals surface area contributed by atoms with Crippen LogP contribution in [0.2, 0.25) is 0 Å². The summed E-state index contributed by atoms with van der Waals surface area (Å²) in [5.74, 6) is -4.11. The number of azo groups is 1. The fourth-order valence-electron chi connectivity index (χ4n) is 2.24. The molecule has 0 fully saturated rings. The first-order valence-corrected chi connectivity index (χ1v) is 9.30. The third kappa shape index (κ3) is 6.36. The van der Waals surface area contributed by atoms with E-state index in [4.69, 9.17) is 4.74 Å². The Kier molecular flexibility index (Phi) is 8.61. The predicted octanol–water partition coefficient (Wildman–Crippen LogP) is 1.05. The topological polar surface area (TPSA) is 200 Å². The normalized spacial score (nSPS) is 11.8. The summed E-state index contributed by atoms with van der Waals surface area (Å²) in [6.07, 6.45) is 2.39. The van der Waals surface area contributed by atoms with Crippen molar-refractivity contribution in [1.82, 2.24) is 20.7 Å². The largest absolute Gasteiger partial charge is 0.504 e. The number of aromatic nitrogens is 2. The Balaban J connectivity index is 2.30. The molecule has 174 valence electrons. The molecular formula is C19H21N7O7. The summed E-state index contributed by atoms with van der Waals surface area (Å²) in [5.41, 5.74) is 1.64. The number of rotatable bonds is 9. The van der Waals surface area contributed by atoms with Gasteiger partial charge < -0.3 is 30.0 Å². The van der Waals surface area contributed by atoms with Crippen LogP contribution < -0.4 is 15.5 Å². The molecule has 33 heavy (non-hydrogen) atoms. The van der Waals surface area contributed by atoms with E-state index in [2.05, 4.69) is 40.8 Å². The van der Waals surface area contributed by atoms with E-state index in [0.29, 0.717) is 5.56 Å². The molecule has 14 nitrogen and oxygen atoms in total. The molecule has 0 unspecified atom stereocenters. The van der Waals surface area contributed by atoms with Crippen molar-refractivity contribution < 1.29 is 34.1 Å². The number of aromatic amines is 1. The van der Waals surface area contributed by atoms with Crippen molar-refractivity contribution in [3.63, 3.8) is 0 Å². The number of aliphatic hydroxyl groups is 1. The number of nitrogens with zero attached hydrogens (tertiary/aromatic N) is 4. The number of hydrogen-bond donors (Lipinski definition) is 5. The molecule has 1 heterocycles. The Hall–Kier alpha value is -4.75. The van der Waals surface area contributed by atoms with E-state index < -0.39 is 29.2 Å². The Morgan fingerprint density at radius 1 is 1.30 bits per heavy atom. The van der Waals surface area contributed by atoms with Gasteiger partial charge in [-0.3, -0.25) is 9.59 Å². The quantitative estimate of drug-likeness (QED) is 0.0914. The van der Waals surface area contributed by atoms with Gasteiger partial charge in [0.2, 0.25) is 17.3 Å². The number of aromatic hydroxyl groups is 1. The van der Waals surface area contributed by atoms with E-state index in [-0.39, 0.29) is 29.6 Å². The van der Waals surface area contributed by atoms with E-state index in [1.54, 1.807) is 0 Å². The van der Waals surface area contributed by atoms with E-state index in [1.807, 2.05) is 0 Å². The minimum atomic E-state index is -1.22. The molecule has 0 atom stereocenters. The lowest BCUT2D eigenvalue weighted by molar-refractivity contribution is -0.142. The summed E-state index contributed by atoms with van der Waals surface area (Å²) in [7, 11) is 2.75. The highest BCUT2D eigenvalue weighted by molar-refractivity contribution is 6.01. The smallest absolute Gasteiger partial charge is 0.376 e. The molecule has 0 saturated heterocycles. The zero-order valence-corrected chi connectivity index (χ0v) is 17.8. The number of benzene rings is 1. The maximum Gasteiger partial charge on any atom is 0.376 e. The van der Waals surface area contributed by atoms with E-state index in [9.17, 15) is 24.6 Å². The molecule has 0 bridgehead atoms. The van der Waals surface area contributed by atoms with Crippen molar-refractivity contribution in [3.8, 4) is 11.5 Å². The van der Waals surface area contributed by atoms with Crippen molar-refractivity contribution in [2.45, 2.75) is 6.92 Å². The SMILES string of the molecule is CCOC(=O)/C(O)=C(/N=Nc1nc[nH]c1C(=O)NC)C(=O)N/N=C/c1ccc(O)c(OC)c1. The molecule has 0 aliphatic rings. The van der Waals surface area contributed by atoms with E-state index in [1.165, 1.54) is 51.8 Å². The first kappa shape index (κ1) is 24.5. The lowest BCUT2D eigenvalue weighted by atomic mass is 10.2. The maximum absolute atomic E-state index is 12.5. The minimum Gasteiger partial charge on any atom is -0.504 e. The number of hydrazone groups is 1.